The number of nitrogens with zero attached hydrogens (tertiary/aromatic N) is 2. The summed E-state index contributed by atoms with van der Waals surface area (Å²) in [5.74, 6) is -1.62. The van der Waals surface area contributed by atoms with E-state index in [9.17, 15) is 23.8 Å². The van der Waals surface area contributed by atoms with E-state index < -0.39 is 28.6 Å². The standard InChI is InChI=1S/C28H34N2O7S2/c1-6-21-15-30(39(34,35)25-13-29-10-9-22(25)37-21)14-20-11-19(8-7-16(20)2)26(17(3)28(32)33)24-12-23(36-5)27(38-24)18(4)31/h7-13,17,21,26,34-35H,6,14-15H2,1-5H3,(H,32,33)/t17-,21?,26+/m1/s1. The van der Waals surface area contributed by atoms with Crippen molar-refractivity contribution in [2.24, 2.45) is 5.92 Å². The molecule has 0 bridgehead atoms. The third-order valence-electron chi connectivity index (χ3n) is 7.09. The molecule has 0 spiro atoms. The highest BCUT2D eigenvalue weighted by molar-refractivity contribution is 8.22. The third-order valence-corrected chi connectivity index (χ3v) is 10.3. The zero-order valence-corrected chi connectivity index (χ0v) is 24.2. The normalized spacial score (nSPS) is 19.2. The number of Topliss-reactive ketones (excluding diaryl/α,β-unsaturated/α-hetero) is 1. The number of ketones is 1. The van der Waals surface area contributed by atoms with Gasteiger partial charge in [-0.3, -0.25) is 23.7 Å². The van der Waals surface area contributed by atoms with Crippen molar-refractivity contribution in [3.05, 3.63) is 69.2 Å². The lowest BCUT2D eigenvalue weighted by Crippen LogP contribution is -2.34. The Hall–Kier alpha value is -2.96. The predicted molar refractivity (Wildman–Crippen MR) is 151 cm³/mol. The van der Waals surface area contributed by atoms with E-state index in [-0.39, 0.29) is 29.9 Å². The number of rotatable bonds is 9. The number of carbonyl (C=O) groups is 2. The van der Waals surface area contributed by atoms with Crippen LogP contribution in [0.2, 0.25) is 0 Å². The van der Waals surface area contributed by atoms with Crippen LogP contribution in [0.25, 0.3) is 0 Å². The predicted octanol–water partition coefficient (Wildman–Crippen LogP) is 6.21. The molecule has 2 aromatic heterocycles. The molecule has 1 aliphatic rings. The number of carboxylic acids is 1. The van der Waals surface area contributed by atoms with Crippen LogP contribution in [0.15, 0.2) is 47.6 Å². The van der Waals surface area contributed by atoms with Crippen LogP contribution in [0, 0.1) is 12.8 Å². The Balaban J connectivity index is 1.77. The number of thiophene rings is 1. The van der Waals surface area contributed by atoms with Gasteiger partial charge in [0.05, 0.1) is 25.8 Å². The van der Waals surface area contributed by atoms with Gasteiger partial charge < -0.3 is 14.6 Å². The van der Waals surface area contributed by atoms with Gasteiger partial charge in [-0.2, -0.15) is 4.31 Å². The fourth-order valence-corrected chi connectivity index (χ4v) is 7.57. The first-order chi connectivity index (χ1) is 18.5. The van der Waals surface area contributed by atoms with E-state index in [1.165, 1.54) is 31.6 Å². The molecule has 3 heterocycles. The van der Waals surface area contributed by atoms with Crippen molar-refractivity contribution >= 4 is 33.9 Å². The SMILES string of the molecule is CCC1CN(Cc2cc([C@@H](c3cc(OC)c(C(C)=O)s3)[C@@H](C)C(=O)O)ccc2C)S(O)(O)c2cnccc2O1. The summed E-state index contributed by atoms with van der Waals surface area (Å²) < 4.78 is 35.9. The Labute approximate surface area is 233 Å². The Morgan fingerprint density at radius 3 is 2.64 bits per heavy atom. The molecule has 39 heavy (non-hydrogen) atoms. The molecule has 210 valence electrons. The Morgan fingerprint density at radius 1 is 1.28 bits per heavy atom. The number of aromatic nitrogens is 1. The maximum atomic E-state index is 12.2. The van der Waals surface area contributed by atoms with Crippen LogP contribution in [0.1, 0.15) is 64.3 Å². The number of carboxylic acid groups (broad SMARTS) is 1. The van der Waals surface area contributed by atoms with E-state index in [4.69, 9.17) is 9.47 Å². The number of carbonyl (C=O) groups excluding carboxylic acids is 1. The zero-order valence-electron chi connectivity index (χ0n) is 22.6. The number of hydrogen-bond acceptors (Lipinski definition) is 9. The smallest absolute Gasteiger partial charge is 0.307 e. The van der Waals surface area contributed by atoms with E-state index in [1.807, 2.05) is 32.0 Å². The van der Waals surface area contributed by atoms with E-state index in [2.05, 4.69) is 4.98 Å². The monoisotopic (exact) mass is 574 g/mol. The van der Waals surface area contributed by atoms with Crippen LogP contribution in [0.4, 0.5) is 0 Å². The van der Waals surface area contributed by atoms with E-state index in [1.54, 1.807) is 29.6 Å². The Kier molecular flexibility index (Phi) is 8.67. The molecule has 0 aliphatic carbocycles. The number of pyridine rings is 1. The summed E-state index contributed by atoms with van der Waals surface area (Å²) in [6.07, 6.45) is 3.40. The maximum Gasteiger partial charge on any atom is 0.307 e. The van der Waals surface area contributed by atoms with Gasteiger partial charge in [-0.1, -0.05) is 32.0 Å². The largest absolute Gasteiger partial charge is 0.495 e. The quantitative estimate of drug-likeness (QED) is 0.255. The van der Waals surface area contributed by atoms with Crippen molar-refractivity contribution < 1.29 is 33.3 Å². The second-order valence-corrected chi connectivity index (χ2v) is 12.8. The molecule has 0 radical (unpaired) electrons. The lowest BCUT2D eigenvalue weighted by molar-refractivity contribution is -0.141. The van der Waals surface area contributed by atoms with Gasteiger partial charge in [-0.15, -0.1) is 22.1 Å². The number of aliphatic carboxylic acids is 1. The molecule has 9 nitrogen and oxygen atoms in total. The van der Waals surface area contributed by atoms with Gasteiger partial charge in [0.2, 0.25) is 0 Å². The van der Waals surface area contributed by atoms with Gasteiger partial charge >= 0.3 is 5.97 Å². The molecule has 0 fully saturated rings. The number of hydrogen-bond donors (Lipinski definition) is 3. The molecule has 0 saturated carbocycles. The summed E-state index contributed by atoms with van der Waals surface area (Å²) in [4.78, 5) is 29.9. The maximum absolute atomic E-state index is 12.2. The van der Waals surface area contributed by atoms with Crippen LogP contribution in [0.5, 0.6) is 11.5 Å². The first-order valence-electron chi connectivity index (χ1n) is 12.6. The second kappa shape index (κ2) is 11.6. The van der Waals surface area contributed by atoms with E-state index >= 15 is 0 Å². The molecule has 0 saturated heterocycles. The van der Waals surface area contributed by atoms with Gasteiger partial charge in [0, 0.05) is 36.5 Å². The topological polar surface area (TPSA) is 129 Å². The first-order valence-corrected chi connectivity index (χ1v) is 14.9. The van der Waals surface area contributed by atoms with Gasteiger partial charge in [0.1, 0.15) is 27.4 Å². The van der Waals surface area contributed by atoms with Crippen LogP contribution in [0.3, 0.4) is 0 Å². The number of benzene rings is 1. The van der Waals surface area contributed by atoms with E-state index in [0.717, 1.165) is 16.7 Å². The van der Waals surface area contributed by atoms with Crippen LogP contribution >= 0.6 is 22.1 Å². The molecule has 3 atom stereocenters. The summed E-state index contributed by atoms with van der Waals surface area (Å²) in [5, 5.41) is 9.97. The lowest BCUT2D eigenvalue weighted by Gasteiger charge is -2.41. The fraction of sp³-hybridized carbons (Fsp3) is 0.393. The minimum Gasteiger partial charge on any atom is -0.495 e. The van der Waals surface area contributed by atoms with Gasteiger partial charge in [-0.25, -0.2) is 0 Å². The fourth-order valence-electron chi connectivity index (χ4n) is 4.75. The van der Waals surface area contributed by atoms with Crippen molar-refractivity contribution in [3.63, 3.8) is 0 Å². The summed E-state index contributed by atoms with van der Waals surface area (Å²) in [6, 6.07) is 9.11. The highest BCUT2D eigenvalue weighted by Gasteiger charge is 2.36. The third kappa shape index (κ3) is 5.82. The highest BCUT2D eigenvalue weighted by atomic mass is 32.3. The molecule has 4 rings (SSSR count). The average Bonchev–Trinajstić information content (AvgIpc) is 3.29. The molecular weight excluding hydrogens is 540 g/mol. The summed E-state index contributed by atoms with van der Waals surface area (Å²) in [7, 11) is -1.92. The molecule has 11 heteroatoms. The molecule has 1 aliphatic heterocycles. The molecule has 1 aromatic carbocycles. The van der Waals surface area contributed by atoms with Gasteiger partial charge in [-0.05, 0) is 36.1 Å². The zero-order chi connectivity index (χ0) is 28.5. The van der Waals surface area contributed by atoms with E-state index in [0.29, 0.717) is 27.7 Å². The molecule has 1 unspecified atom stereocenters. The lowest BCUT2D eigenvalue weighted by atomic mass is 9.84. The van der Waals surface area contributed by atoms with Crippen molar-refractivity contribution in [1.82, 2.24) is 9.29 Å². The summed E-state index contributed by atoms with van der Waals surface area (Å²) >= 11 is 1.24. The molecule has 3 aromatic rings. The van der Waals surface area contributed by atoms with Gasteiger partial charge in [0.25, 0.3) is 0 Å². The van der Waals surface area contributed by atoms with Crippen molar-refractivity contribution in [2.45, 2.75) is 57.6 Å². The molecular formula is C28H34N2O7S2. The first kappa shape index (κ1) is 29.0. The van der Waals surface area contributed by atoms with Crippen LogP contribution in [-0.4, -0.2) is 55.0 Å². The summed E-state index contributed by atoms with van der Waals surface area (Å²) in [5.41, 5.74) is 2.50. The van der Waals surface area contributed by atoms with Crippen LogP contribution < -0.4 is 9.47 Å². The van der Waals surface area contributed by atoms with Gasteiger partial charge in [0.15, 0.2) is 5.78 Å². The average molecular weight is 575 g/mol. The number of methoxy groups -OCH3 is 1. The molecule has 3 N–H and O–H groups in total. The molecule has 0 amide bonds. The number of ether oxygens (including phenoxy) is 2. The minimum absolute atomic E-state index is 0.150. The number of aryl methyl sites for hydroxylation is 1. The van der Waals surface area contributed by atoms with Crippen molar-refractivity contribution in [1.29, 1.82) is 0 Å². The van der Waals surface area contributed by atoms with Crippen molar-refractivity contribution in [2.75, 3.05) is 13.7 Å². The summed E-state index contributed by atoms with van der Waals surface area (Å²) in [6.45, 7) is 7.51. The number of fused-ring (bicyclic) bond motifs is 1. The minimum atomic E-state index is -3.41. The Bertz CT molecular complexity index is 1370. The highest BCUT2D eigenvalue weighted by Crippen LogP contribution is 2.57. The van der Waals surface area contributed by atoms with Crippen molar-refractivity contribution in [3.8, 4) is 11.5 Å². The Morgan fingerprint density at radius 2 is 2.03 bits per heavy atom. The van der Waals surface area contributed by atoms with Crippen LogP contribution in [-0.2, 0) is 11.3 Å². The second-order valence-electron chi connectivity index (χ2n) is 9.70.